The van der Waals surface area contributed by atoms with E-state index in [2.05, 4.69) is 10.3 Å². The molecule has 1 fully saturated rings. The van der Waals surface area contributed by atoms with Crippen molar-refractivity contribution in [1.82, 2.24) is 9.88 Å². The van der Waals surface area contributed by atoms with Crippen molar-refractivity contribution in [1.29, 1.82) is 0 Å². The molecule has 27 heavy (non-hydrogen) atoms. The Kier molecular flexibility index (Phi) is 7.27. The molecule has 1 aliphatic rings. The van der Waals surface area contributed by atoms with E-state index in [0.29, 0.717) is 10.7 Å². The first-order valence-electron chi connectivity index (χ1n) is 8.19. The number of hydrogen-bond acceptors (Lipinski definition) is 6. The third-order valence-electron chi connectivity index (χ3n) is 4.43. The minimum atomic E-state index is -1.26. The summed E-state index contributed by atoms with van der Waals surface area (Å²) in [6, 6.07) is 7.40. The van der Waals surface area contributed by atoms with Gasteiger partial charge in [-0.3, -0.25) is 19.1 Å². The number of rotatable bonds is 5. The molecule has 2 heterocycles. The molecule has 1 aromatic carbocycles. The van der Waals surface area contributed by atoms with Gasteiger partial charge in [0.15, 0.2) is 5.17 Å². The number of amidine groups is 1. The fourth-order valence-corrected chi connectivity index (χ4v) is 4.11. The Bertz CT molecular complexity index is 924. The van der Waals surface area contributed by atoms with Crippen molar-refractivity contribution in [3.05, 3.63) is 36.0 Å². The molecular weight excluding hydrogens is 377 g/mol. The van der Waals surface area contributed by atoms with Crippen LogP contribution in [-0.2, 0) is 9.59 Å². The number of carbonyl (C=O) groups is 3. The number of aliphatic imine (C=N–C) groups is 1. The Hall–Kier alpha value is -1.61. The summed E-state index contributed by atoms with van der Waals surface area (Å²) in [5, 5.41) is 14.5. The van der Waals surface area contributed by atoms with E-state index in [1.807, 2.05) is 31.2 Å². The van der Waals surface area contributed by atoms with E-state index in [4.69, 9.17) is 0 Å². The predicted octanol–water partition coefficient (Wildman–Crippen LogP) is -1.86. The Morgan fingerprint density at radius 1 is 1.33 bits per heavy atom. The fourth-order valence-electron chi connectivity index (χ4n) is 3.09. The summed E-state index contributed by atoms with van der Waals surface area (Å²) in [4.78, 5) is 39.4. The number of carboxylic acids is 1. The van der Waals surface area contributed by atoms with Gasteiger partial charge < -0.3 is 15.2 Å². The molecule has 1 aliphatic heterocycles. The van der Waals surface area contributed by atoms with Gasteiger partial charge in [-0.05, 0) is 18.1 Å². The second-order valence-corrected chi connectivity index (χ2v) is 7.21. The van der Waals surface area contributed by atoms with Crippen LogP contribution in [0.15, 0.2) is 35.5 Å². The van der Waals surface area contributed by atoms with Crippen LogP contribution in [0.1, 0.15) is 36.0 Å². The smallest absolute Gasteiger partial charge is 0.550 e. The average molecular weight is 395 g/mol. The molecule has 0 bridgehead atoms. The van der Waals surface area contributed by atoms with E-state index in [-0.39, 0.29) is 65.4 Å². The number of thioether (sulfide) groups is 1. The van der Waals surface area contributed by atoms with E-state index < -0.39 is 5.97 Å². The van der Waals surface area contributed by atoms with E-state index in [1.165, 1.54) is 16.3 Å². The van der Waals surface area contributed by atoms with Gasteiger partial charge in [0.1, 0.15) is 0 Å². The minimum absolute atomic E-state index is 0. The van der Waals surface area contributed by atoms with E-state index in [1.54, 1.807) is 13.2 Å². The SMILES string of the molecule is CN=C1NC(=O)C(C(C)c2cn(C(=O)CCC(=O)[O-])c3ccccc23)S1.[Na+]. The molecule has 2 aromatic rings. The third kappa shape index (κ3) is 4.45. The molecule has 3 rings (SSSR count). The number of benzene rings is 1. The maximum absolute atomic E-state index is 12.5. The van der Waals surface area contributed by atoms with Crippen LogP contribution in [0.5, 0.6) is 0 Å². The summed E-state index contributed by atoms with van der Waals surface area (Å²) in [5.41, 5.74) is 1.57. The number of fused-ring (bicyclic) bond motifs is 1. The molecule has 0 aliphatic carbocycles. The Morgan fingerprint density at radius 3 is 2.67 bits per heavy atom. The molecule has 1 N–H and O–H groups in total. The number of nitrogens with one attached hydrogen (secondary N) is 1. The molecule has 136 valence electrons. The fraction of sp³-hybridized carbons (Fsp3) is 0.333. The van der Waals surface area contributed by atoms with Crippen LogP contribution in [0.25, 0.3) is 10.9 Å². The van der Waals surface area contributed by atoms with Crippen LogP contribution >= 0.6 is 11.8 Å². The molecule has 1 aromatic heterocycles. The Morgan fingerprint density at radius 2 is 2.04 bits per heavy atom. The molecule has 0 spiro atoms. The maximum Gasteiger partial charge on any atom is 1.00 e. The third-order valence-corrected chi connectivity index (χ3v) is 5.81. The largest absolute Gasteiger partial charge is 1.00 e. The van der Waals surface area contributed by atoms with Crippen molar-refractivity contribution in [2.75, 3.05) is 7.05 Å². The molecule has 0 radical (unpaired) electrons. The zero-order valence-corrected chi connectivity index (χ0v) is 18.2. The van der Waals surface area contributed by atoms with Crippen molar-refractivity contribution in [2.24, 2.45) is 4.99 Å². The van der Waals surface area contributed by atoms with Gasteiger partial charge >= 0.3 is 29.6 Å². The summed E-state index contributed by atoms with van der Waals surface area (Å²) in [5.74, 6) is -1.83. The number of carbonyl (C=O) groups excluding carboxylic acids is 3. The van der Waals surface area contributed by atoms with Gasteiger partial charge in [-0.2, -0.15) is 0 Å². The van der Waals surface area contributed by atoms with Crippen molar-refractivity contribution in [3.8, 4) is 0 Å². The summed E-state index contributed by atoms with van der Waals surface area (Å²) in [6.45, 7) is 1.94. The van der Waals surface area contributed by atoms with Crippen molar-refractivity contribution in [2.45, 2.75) is 30.9 Å². The second-order valence-electron chi connectivity index (χ2n) is 6.08. The molecule has 2 unspecified atom stereocenters. The summed E-state index contributed by atoms with van der Waals surface area (Å²) < 4.78 is 1.47. The summed E-state index contributed by atoms with van der Waals surface area (Å²) in [6.07, 6.45) is 1.25. The number of aliphatic carboxylic acids is 1. The van der Waals surface area contributed by atoms with Gasteiger partial charge in [-0.25, -0.2) is 0 Å². The maximum atomic E-state index is 12.5. The van der Waals surface area contributed by atoms with Crippen molar-refractivity contribution < 1.29 is 49.0 Å². The van der Waals surface area contributed by atoms with Gasteiger partial charge in [0.25, 0.3) is 0 Å². The van der Waals surface area contributed by atoms with E-state index >= 15 is 0 Å². The Labute approximate surface area is 182 Å². The van der Waals surface area contributed by atoms with Crippen LogP contribution in [0.4, 0.5) is 0 Å². The standard InChI is InChI=1S/C18H19N3O4S.Na/c1-10(16-17(25)20-18(19-2)26-16)12-9-21(14(22)7-8-15(23)24)13-6-4-3-5-11(12)13;/h3-6,9-10,16H,7-8H2,1-2H3,(H,23,24)(H,19,20,25);/q;+1/p-1. The van der Waals surface area contributed by atoms with Gasteiger partial charge in [0, 0.05) is 36.9 Å². The van der Waals surface area contributed by atoms with Crippen LogP contribution in [-0.4, -0.2) is 39.8 Å². The molecular formula is C18H18N3NaO4S. The zero-order valence-electron chi connectivity index (χ0n) is 15.4. The normalized spacial score (nSPS) is 19.0. The molecule has 2 atom stereocenters. The monoisotopic (exact) mass is 395 g/mol. The van der Waals surface area contributed by atoms with Gasteiger partial charge in [0.05, 0.1) is 10.8 Å². The molecule has 0 saturated carbocycles. The first-order chi connectivity index (χ1) is 12.4. The van der Waals surface area contributed by atoms with E-state index in [9.17, 15) is 19.5 Å². The molecule has 9 heteroatoms. The zero-order chi connectivity index (χ0) is 18.8. The first-order valence-corrected chi connectivity index (χ1v) is 9.07. The summed E-state index contributed by atoms with van der Waals surface area (Å²) in [7, 11) is 1.62. The number of para-hydroxylation sites is 1. The van der Waals surface area contributed by atoms with Gasteiger partial charge in [-0.15, -0.1) is 0 Å². The number of carboxylic acid groups (broad SMARTS) is 1. The van der Waals surface area contributed by atoms with Gasteiger partial charge in [-0.1, -0.05) is 36.9 Å². The number of amides is 1. The van der Waals surface area contributed by atoms with Crippen LogP contribution in [0.2, 0.25) is 0 Å². The van der Waals surface area contributed by atoms with Crippen LogP contribution < -0.4 is 40.0 Å². The average Bonchev–Trinajstić information content (AvgIpc) is 3.20. The number of aromatic nitrogens is 1. The second kappa shape index (κ2) is 9.05. The topological polar surface area (TPSA) is 104 Å². The molecule has 7 nitrogen and oxygen atoms in total. The van der Waals surface area contributed by atoms with Crippen molar-refractivity contribution >= 4 is 45.6 Å². The minimum Gasteiger partial charge on any atom is -0.550 e. The van der Waals surface area contributed by atoms with Crippen LogP contribution in [0, 0.1) is 0 Å². The molecule has 1 saturated heterocycles. The number of nitrogens with zero attached hydrogens (tertiary/aromatic N) is 2. The van der Waals surface area contributed by atoms with E-state index in [0.717, 1.165) is 10.9 Å². The Balaban J connectivity index is 0.00000261. The number of hydrogen-bond donors (Lipinski definition) is 1. The quantitative estimate of drug-likeness (QED) is 0.598. The predicted molar refractivity (Wildman–Crippen MR) is 98.1 cm³/mol. The molecule has 1 amide bonds. The van der Waals surface area contributed by atoms with Gasteiger partial charge in [0.2, 0.25) is 11.8 Å². The van der Waals surface area contributed by atoms with Crippen LogP contribution in [0.3, 0.4) is 0 Å². The summed E-state index contributed by atoms with van der Waals surface area (Å²) >= 11 is 1.37. The van der Waals surface area contributed by atoms with Crippen molar-refractivity contribution in [3.63, 3.8) is 0 Å². The first kappa shape index (κ1) is 21.7.